The van der Waals surface area contributed by atoms with Crippen molar-refractivity contribution in [2.75, 3.05) is 21.3 Å². The number of benzene rings is 1. The summed E-state index contributed by atoms with van der Waals surface area (Å²) < 4.78 is 16.4. The Morgan fingerprint density at radius 1 is 1.11 bits per heavy atom. The smallest absolute Gasteiger partial charge is 0.125 e. The van der Waals surface area contributed by atoms with E-state index in [0.717, 1.165) is 28.6 Å². The van der Waals surface area contributed by atoms with Gasteiger partial charge >= 0.3 is 0 Å². The van der Waals surface area contributed by atoms with Gasteiger partial charge in [0, 0.05) is 5.56 Å². The van der Waals surface area contributed by atoms with Crippen molar-refractivity contribution in [2.24, 2.45) is 0 Å². The number of furan rings is 1. The molecule has 1 aromatic carbocycles. The lowest BCUT2D eigenvalue weighted by atomic mass is 10.0. The SMILES string of the molecule is CNC(c1ccc(C)o1)c1cc(OC)ccc1OC. The van der Waals surface area contributed by atoms with Gasteiger partial charge in [0.25, 0.3) is 0 Å². The van der Waals surface area contributed by atoms with Gasteiger partial charge in [-0.25, -0.2) is 0 Å². The summed E-state index contributed by atoms with van der Waals surface area (Å²) in [7, 11) is 5.20. The van der Waals surface area contributed by atoms with Gasteiger partial charge in [0.1, 0.15) is 23.0 Å². The predicted molar refractivity (Wildman–Crippen MR) is 73.9 cm³/mol. The van der Waals surface area contributed by atoms with Gasteiger partial charge < -0.3 is 19.2 Å². The fraction of sp³-hybridized carbons (Fsp3) is 0.333. The first-order valence-electron chi connectivity index (χ1n) is 6.15. The lowest BCUT2D eigenvalue weighted by Gasteiger charge is -2.18. The molecule has 0 bridgehead atoms. The summed E-state index contributed by atoms with van der Waals surface area (Å²) in [5, 5.41) is 3.24. The molecule has 0 spiro atoms. The van der Waals surface area contributed by atoms with E-state index in [0.29, 0.717) is 0 Å². The maximum absolute atomic E-state index is 5.71. The van der Waals surface area contributed by atoms with Crippen molar-refractivity contribution in [1.82, 2.24) is 5.32 Å². The number of methoxy groups -OCH3 is 2. The van der Waals surface area contributed by atoms with Crippen molar-refractivity contribution >= 4 is 0 Å². The first-order chi connectivity index (χ1) is 9.19. The third-order valence-corrected chi connectivity index (χ3v) is 3.08. The third-order valence-electron chi connectivity index (χ3n) is 3.08. The molecule has 19 heavy (non-hydrogen) atoms. The van der Waals surface area contributed by atoms with E-state index in [4.69, 9.17) is 13.9 Å². The standard InChI is InChI=1S/C15H19NO3/c1-10-5-7-14(19-10)15(16-2)12-9-11(17-3)6-8-13(12)18-4/h5-9,15-16H,1-4H3. The van der Waals surface area contributed by atoms with Gasteiger partial charge in [-0.2, -0.15) is 0 Å². The molecule has 0 fully saturated rings. The van der Waals surface area contributed by atoms with Crippen LogP contribution in [0.1, 0.15) is 23.1 Å². The molecular formula is C15H19NO3. The highest BCUT2D eigenvalue weighted by Gasteiger charge is 2.20. The molecular weight excluding hydrogens is 242 g/mol. The molecule has 1 heterocycles. The lowest BCUT2D eigenvalue weighted by Crippen LogP contribution is -2.18. The first-order valence-corrected chi connectivity index (χ1v) is 6.15. The average Bonchev–Trinajstić information content (AvgIpc) is 2.86. The number of hydrogen-bond acceptors (Lipinski definition) is 4. The van der Waals surface area contributed by atoms with Crippen LogP contribution in [0.4, 0.5) is 0 Å². The third kappa shape index (κ3) is 2.74. The fourth-order valence-electron chi connectivity index (χ4n) is 2.12. The van der Waals surface area contributed by atoms with Crippen LogP contribution < -0.4 is 14.8 Å². The predicted octanol–water partition coefficient (Wildman–Crippen LogP) is 2.91. The minimum absolute atomic E-state index is 0.0706. The maximum Gasteiger partial charge on any atom is 0.125 e. The highest BCUT2D eigenvalue weighted by Crippen LogP contribution is 2.33. The van der Waals surface area contributed by atoms with Crippen LogP contribution in [0.3, 0.4) is 0 Å². The van der Waals surface area contributed by atoms with Crippen LogP contribution in [-0.2, 0) is 0 Å². The number of aryl methyl sites for hydroxylation is 1. The van der Waals surface area contributed by atoms with E-state index in [1.54, 1.807) is 14.2 Å². The Balaban J connectivity index is 2.47. The summed E-state index contributed by atoms with van der Waals surface area (Å²) in [6.45, 7) is 1.93. The molecule has 102 valence electrons. The highest BCUT2D eigenvalue weighted by atomic mass is 16.5. The van der Waals surface area contributed by atoms with Crippen molar-refractivity contribution in [2.45, 2.75) is 13.0 Å². The van der Waals surface area contributed by atoms with Crippen LogP contribution in [0, 0.1) is 6.92 Å². The summed E-state index contributed by atoms with van der Waals surface area (Å²) in [6.07, 6.45) is 0. The zero-order valence-corrected chi connectivity index (χ0v) is 11.7. The van der Waals surface area contributed by atoms with Crippen LogP contribution in [-0.4, -0.2) is 21.3 Å². The van der Waals surface area contributed by atoms with Gasteiger partial charge in [0.15, 0.2) is 0 Å². The Morgan fingerprint density at radius 3 is 2.42 bits per heavy atom. The molecule has 0 amide bonds. The maximum atomic E-state index is 5.71. The van der Waals surface area contributed by atoms with Crippen molar-refractivity contribution in [3.8, 4) is 11.5 Å². The van der Waals surface area contributed by atoms with Gasteiger partial charge in [-0.15, -0.1) is 0 Å². The van der Waals surface area contributed by atoms with E-state index in [9.17, 15) is 0 Å². The first kappa shape index (κ1) is 13.5. The monoisotopic (exact) mass is 261 g/mol. The van der Waals surface area contributed by atoms with Crippen molar-refractivity contribution in [1.29, 1.82) is 0 Å². The molecule has 1 N–H and O–H groups in total. The molecule has 0 saturated carbocycles. The summed E-state index contributed by atoms with van der Waals surface area (Å²) in [4.78, 5) is 0. The van der Waals surface area contributed by atoms with Gasteiger partial charge in [0.05, 0.1) is 20.3 Å². The normalized spacial score (nSPS) is 12.2. The number of ether oxygens (including phenoxy) is 2. The van der Waals surface area contributed by atoms with E-state index < -0.39 is 0 Å². The van der Waals surface area contributed by atoms with Gasteiger partial charge in [-0.1, -0.05) is 0 Å². The molecule has 0 aliphatic carbocycles. The zero-order valence-electron chi connectivity index (χ0n) is 11.7. The second kappa shape index (κ2) is 5.80. The van der Waals surface area contributed by atoms with Crippen LogP contribution in [0.2, 0.25) is 0 Å². The van der Waals surface area contributed by atoms with Crippen LogP contribution >= 0.6 is 0 Å². The molecule has 0 aliphatic heterocycles. The lowest BCUT2D eigenvalue weighted by molar-refractivity contribution is 0.386. The second-order valence-electron chi connectivity index (χ2n) is 4.28. The second-order valence-corrected chi connectivity index (χ2v) is 4.28. The van der Waals surface area contributed by atoms with Gasteiger partial charge in [-0.3, -0.25) is 0 Å². The molecule has 1 unspecified atom stereocenters. The molecule has 4 nitrogen and oxygen atoms in total. The molecule has 0 radical (unpaired) electrons. The molecule has 2 aromatic rings. The van der Waals surface area contributed by atoms with Crippen molar-refractivity contribution in [3.05, 3.63) is 47.4 Å². The Labute approximate surface area is 113 Å². The van der Waals surface area contributed by atoms with E-state index in [1.807, 2.05) is 44.3 Å². The van der Waals surface area contributed by atoms with Gasteiger partial charge in [-0.05, 0) is 44.3 Å². The molecule has 1 aromatic heterocycles. The topological polar surface area (TPSA) is 43.6 Å². The summed E-state index contributed by atoms with van der Waals surface area (Å²) in [5.74, 6) is 3.33. The Kier molecular flexibility index (Phi) is 4.12. The number of rotatable bonds is 5. The number of hydrogen-bond donors (Lipinski definition) is 1. The zero-order chi connectivity index (χ0) is 13.8. The molecule has 4 heteroatoms. The van der Waals surface area contributed by atoms with Crippen LogP contribution in [0.25, 0.3) is 0 Å². The Morgan fingerprint density at radius 2 is 1.89 bits per heavy atom. The summed E-state index contributed by atoms with van der Waals surface area (Å²) in [5.41, 5.74) is 0.985. The summed E-state index contributed by atoms with van der Waals surface area (Å²) >= 11 is 0. The molecule has 1 atom stereocenters. The average molecular weight is 261 g/mol. The van der Waals surface area contributed by atoms with E-state index in [-0.39, 0.29) is 6.04 Å². The van der Waals surface area contributed by atoms with E-state index in [1.165, 1.54) is 0 Å². The van der Waals surface area contributed by atoms with Crippen molar-refractivity contribution in [3.63, 3.8) is 0 Å². The summed E-state index contributed by atoms with van der Waals surface area (Å²) in [6, 6.07) is 9.58. The van der Waals surface area contributed by atoms with Crippen LogP contribution in [0.5, 0.6) is 11.5 Å². The van der Waals surface area contributed by atoms with Crippen molar-refractivity contribution < 1.29 is 13.9 Å². The van der Waals surface area contributed by atoms with Crippen LogP contribution in [0.15, 0.2) is 34.7 Å². The molecule has 2 rings (SSSR count). The quantitative estimate of drug-likeness (QED) is 0.898. The molecule has 0 aliphatic rings. The Hall–Kier alpha value is -1.94. The fourth-order valence-corrected chi connectivity index (χ4v) is 2.12. The number of nitrogens with one attached hydrogen (secondary N) is 1. The Bertz CT molecular complexity index is 548. The highest BCUT2D eigenvalue weighted by molar-refractivity contribution is 5.44. The largest absolute Gasteiger partial charge is 0.497 e. The minimum atomic E-state index is -0.0706. The van der Waals surface area contributed by atoms with E-state index >= 15 is 0 Å². The van der Waals surface area contributed by atoms with E-state index in [2.05, 4.69) is 5.32 Å². The van der Waals surface area contributed by atoms with Gasteiger partial charge in [0.2, 0.25) is 0 Å². The minimum Gasteiger partial charge on any atom is -0.497 e. The molecule has 0 saturated heterocycles.